The van der Waals surface area contributed by atoms with Crippen molar-refractivity contribution in [1.82, 2.24) is 4.90 Å². The Morgan fingerprint density at radius 1 is 0.875 bits per heavy atom. The molecule has 0 aliphatic carbocycles. The van der Waals surface area contributed by atoms with E-state index in [2.05, 4.69) is 5.32 Å². The Bertz CT molecular complexity index is 1000. The Labute approximate surface area is 187 Å². The first kappa shape index (κ1) is 23.1. The fraction of sp³-hybridized carbons (Fsp3) is 0.333. The fourth-order valence-electron chi connectivity index (χ4n) is 3.55. The number of amides is 2. The highest BCUT2D eigenvalue weighted by Gasteiger charge is 2.39. The van der Waals surface area contributed by atoms with Crippen LogP contribution in [0, 0.1) is 6.92 Å². The first-order chi connectivity index (χ1) is 15.4. The van der Waals surface area contributed by atoms with Crippen molar-refractivity contribution in [3.8, 4) is 17.2 Å². The number of anilines is 1. The quantitative estimate of drug-likeness (QED) is 0.448. The third-order valence-electron chi connectivity index (χ3n) is 5.17. The molecule has 0 radical (unpaired) electrons. The minimum atomic E-state index is -0.393. The van der Waals surface area contributed by atoms with E-state index in [1.54, 1.807) is 19.2 Å². The van der Waals surface area contributed by atoms with Crippen LogP contribution in [-0.4, -0.2) is 58.3 Å². The highest BCUT2D eigenvalue weighted by atomic mass is 16.5. The van der Waals surface area contributed by atoms with Crippen LogP contribution in [0.4, 0.5) is 5.69 Å². The van der Waals surface area contributed by atoms with Gasteiger partial charge in [-0.3, -0.25) is 14.5 Å². The van der Waals surface area contributed by atoms with E-state index >= 15 is 0 Å². The van der Waals surface area contributed by atoms with Gasteiger partial charge in [-0.1, -0.05) is 29.8 Å². The predicted octanol–water partition coefficient (Wildman–Crippen LogP) is 3.25. The summed E-state index contributed by atoms with van der Waals surface area (Å²) in [4.78, 5) is 27.7. The minimum Gasteiger partial charge on any atom is -0.493 e. The smallest absolute Gasteiger partial charge is 0.278 e. The van der Waals surface area contributed by atoms with Crippen molar-refractivity contribution < 1.29 is 28.5 Å². The average molecular weight is 440 g/mol. The Morgan fingerprint density at radius 3 is 2.03 bits per heavy atom. The topological polar surface area (TPSA) is 86.3 Å². The summed E-state index contributed by atoms with van der Waals surface area (Å²) < 4.78 is 21.2. The van der Waals surface area contributed by atoms with Gasteiger partial charge in [0.25, 0.3) is 11.8 Å². The molecular weight excluding hydrogens is 412 g/mol. The number of benzene rings is 2. The molecule has 1 aliphatic rings. The number of ether oxygens (including phenoxy) is 4. The number of rotatable bonds is 10. The van der Waals surface area contributed by atoms with Crippen molar-refractivity contribution in [3.63, 3.8) is 0 Å². The van der Waals surface area contributed by atoms with Crippen molar-refractivity contribution in [3.05, 3.63) is 53.2 Å². The van der Waals surface area contributed by atoms with Gasteiger partial charge in [-0.15, -0.1) is 0 Å². The van der Waals surface area contributed by atoms with Crippen LogP contribution in [0.5, 0.6) is 17.2 Å². The summed E-state index contributed by atoms with van der Waals surface area (Å²) in [6.07, 6.45) is 0.548. The largest absolute Gasteiger partial charge is 0.493 e. The van der Waals surface area contributed by atoms with Crippen molar-refractivity contribution in [2.45, 2.75) is 13.3 Å². The molecule has 1 N–H and O–H groups in total. The van der Waals surface area contributed by atoms with Gasteiger partial charge >= 0.3 is 0 Å². The van der Waals surface area contributed by atoms with Crippen LogP contribution < -0.4 is 19.5 Å². The summed E-state index contributed by atoms with van der Waals surface area (Å²) in [6.45, 7) is 2.68. The molecule has 0 spiro atoms. The summed E-state index contributed by atoms with van der Waals surface area (Å²) in [5.74, 6) is 0.560. The third kappa shape index (κ3) is 4.55. The Kier molecular flexibility index (Phi) is 7.37. The van der Waals surface area contributed by atoms with Gasteiger partial charge in [-0.25, -0.2) is 0 Å². The van der Waals surface area contributed by atoms with E-state index in [4.69, 9.17) is 18.9 Å². The van der Waals surface area contributed by atoms with E-state index < -0.39 is 5.91 Å². The van der Waals surface area contributed by atoms with E-state index in [0.717, 1.165) is 5.56 Å². The molecule has 8 heteroatoms. The number of hydrogen-bond acceptors (Lipinski definition) is 7. The van der Waals surface area contributed by atoms with E-state index in [1.807, 2.05) is 31.2 Å². The lowest BCUT2D eigenvalue weighted by Gasteiger charge is -2.16. The molecule has 0 atom stereocenters. The highest BCUT2D eigenvalue weighted by molar-refractivity contribution is 6.36. The Morgan fingerprint density at radius 2 is 1.50 bits per heavy atom. The number of nitrogens with zero attached hydrogens (tertiary/aromatic N) is 1. The van der Waals surface area contributed by atoms with E-state index in [0.29, 0.717) is 47.1 Å². The lowest BCUT2D eigenvalue weighted by molar-refractivity contribution is -0.136. The monoisotopic (exact) mass is 440 g/mol. The molecule has 170 valence electrons. The molecule has 0 saturated carbocycles. The van der Waals surface area contributed by atoms with Gasteiger partial charge < -0.3 is 24.3 Å². The van der Waals surface area contributed by atoms with Gasteiger partial charge in [0.05, 0.1) is 26.9 Å². The van der Waals surface area contributed by atoms with Crippen LogP contribution in [0.2, 0.25) is 0 Å². The molecule has 1 heterocycles. The second-order valence-corrected chi connectivity index (χ2v) is 7.26. The maximum atomic E-state index is 13.3. The summed E-state index contributed by atoms with van der Waals surface area (Å²) >= 11 is 0. The van der Waals surface area contributed by atoms with E-state index in [-0.39, 0.29) is 18.1 Å². The number of methoxy groups -OCH3 is 4. The summed E-state index contributed by atoms with van der Waals surface area (Å²) in [5, 5.41) is 3.13. The summed E-state index contributed by atoms with van der Waals surface area (Å²) in [6, 6.07) is 10.9. The SMILES string of the molecule is COCCCN1C(=O)C(Nc2cc(OC)c(OC)c(OC)c2)=C(c2ccc(C)cc2)C1=O. The molecule has 32 heavy (non-hydrogen) atoms. The zero-order valence-corrected chi connectivity index (χ0v) is 19.0. The molecule has 8 nitrogen and oxygen atoms in total. The predicted molar refractivity (Wildman–Crippen MR) is 121 cm³/mol. The Hall–Kier alpha value is -3.52. The van der Waals surface area contributed by atoms with Crippen molar-refractivity contribution in [2.24, 2.45) is 0 Å². The molecule has 2 aromatic rings. The second-order valence-electron chi connectivity index (χ2n) is 7.26. The molecule has 2 amide bonds. The van der Waals surface area contributed by atoms with E-state index in [9.17, 15) is 9.59 Å². The van der Waals surface area contributed by atoms with Crippen LogP contribution in [0.15, 0.2) is 42.1 Å². The molecule has 1 aliphatic heterocycles. The molecular formula is C24H28N2O6. The highest BCUT2D eigenvalue weighted by Crippen LogP contribution is 2.41. The number of nitrogens with one attached hydrogen (secondary N) is 1. The van der Waals surface area contributed by atoms with Gasteiger partial charge in [0.1, 0.15) is 5.70 Å². The first-order valence-corrected chi connectivity index (χ1v) is 10.2. The number of hydrogen-bond donors (Lipinski definition) is 1. The normalized spacial score (nSPS) is 13.6. The van der Waals surface area contributed by atoms with Gasteiger partial charge in [0.2, 0.25) is 5.75 Å². The third-order valence-corrected chi connectivity index (χ3v) is 5.17. The molecule has 0 aromatic heterocycles. The maximum Gasteiger partial charge on any atom is 0.278 e. The lowest BCUT2D eigenvalue weighted by Crippen LogP contribution is -2.33. The number of carbonyl (C=O) groups excluding carboxylic acids is 2. The van der Waals surface area contributed by atoms with E-state index in [1.165, 1.54) is 26.2 Å². The maximum absolute atomic E-state index is 13.3. The molecule has 0 unspecified atom stereocenters. The second kappa shape index (κ2) is 10.2. The van der Waals surface area contributed by atoms with Crippen LogP contribution in [-0.2, 0) is 14.3 Å². The minimum absolute atomic E-state index is 0.200. The number of aryl methyl sites for hydroxylation is 1. The summed E-state index contributed by atoms with van der Waals surface area (Å²) in [7, 11) is 6.13. The standard InChI is InChI=1S/C24H28N2O6/c1-15-7-9-16(10-8-15)20-21(24(28)26(23(20)27)11-6-12-29-2)25-17-13-18(30-3)22(32-5)19(14-17)31-4/h7-10,13-14,25H,6,11-12H2,1-5H3. The molecule has 0 fully saturated rings. The van der Waals surface area contributed by atoms with Crippen molar-refractivity contribution >= 4 is 23.1 Å². The van der Waals surface area contributed by atoms with Gasteiger partial charge in [-0.2, -0.15) is 0 Å². The van der Waals surface area contributed by atoms with Crippen LogP contribution in [0.25, 0.3) is 5.57 Å². The van der Waals surface area contributed by atoms with Crippen LogP contribution >= 0.6 is 0 Å². The average Bonchev–Trinajstić information content (AvgIpc) is 3.03. The molecule has 2 aromatic carbocycles. The zero-order valence-electron chi connectivity index (χ0n) is 19.0. The van der Waals surface area contributed by atoms with Gasteiger partial charge in [0, 0.05) is 38.1 Å². The molecule has 0 bridgehead atoms. The van der Waals surface area contributed by atoms with Gasteiger partial charge in [0.15, 0.2) is 11.5 Å². The van der Waals surface area contributed by atoms with Crippen molar-refractivity contribution in [1.29, 1.82) is 0 Å². The van der Waals surface area contributed by atoms with Crippen LogP contribution in [0.1, 0.15) is 17.5 Å². The molecule has 0 saturated heterocycles. The van der Waals surface area contributed by atoms with Gasteiger partial charge in [-0.05, 0) is 18.9 Å². The van der Waals surface area contributed by atoms with Crippen LogP contribution in [0.3, 0.4) is 0 Å². The Balaban J connectivity index is 2.05. The first-order valence-electron chi connectivity index (χ1n) is 10.2. The van der Waals surface area contributed by atoms with Crippen molar-refractivity contribution in [2.75, 3.05) is 46.9 Å². The molecule has 3 rings (SSSR count). The number of carbonyl (C=O) groups is 2. The lowest BCUT2D eigenvalue weighted by atomic mass is 10.0. The summed E-state index contributed by atoms with van der Waals surface area (Å²) in [5.41, 5.74) is 2.77. The fourth-order valence-corrected chi connectivity index (χ4v) is 3.55. The zero-order chi connectivity index (χ0) is 23.3. The number of imide groups is 1.